The van der Waals surface area contributed by atoms with Crippen molar-refractivity contribution in [2.45, 2.75) is 44.8 Å². The molecule has 2 aliphatic rings. The Morgan fingerprint density at radius 2 is 1.97 bits per heavy atom. The molecule has 5 rings (SSSR count). The van der Waals surface area contributed by atoms with Gasteiger partial charge in [-0.15, -0.1) is 0 Å². The lowest BCUT2D eigenvalue weighted by Crippen LogP contribution is -2.36. The molecule has 8 heteroatoms. The lowest BCUT2D eigenvalue weighted by atomic mass is 9.93. The van der Waals surface area contributed by atoms with Gasteiger partial charge in [-0.25, -0.2) is 4.98 Å². The maximum Gasteiger partial charge on any atom is 0.225 e. The summed E-state index contributed by atoms with van der Waals surface area (Å²) in [5.74, 6) is 1.40. The second-order valence-electron chi connectivity index (χ2n) is 8.29. The number of carbonyl (C=O) groups is 1. The van der Waals surface area contributed by atoms with E-state index in [1.54, 1.807) is 13.1 Å². The van der Waals surface area contributed by atoms with Crippen LogP contribution in [0.15, 0.2) is 37.1 Å². The lowest BCUT2D eigenvalue weighted by Gasteiger charge is -2.31. The number of nitrogens with zero attached hydrogens (tertiary/aromatic N) is 5. The summed E-state index contributed by atoms with van der Waals surface area (Å²) in [6.45, 7) is 4.50. The minimum atomic E-state index is -0.0153. The zero-order valence-corrected chi connectivity index (χ0v) is 17.7. The molecule has 162 valence electrons. The molecule has 0 atom stereocenters. The fourth-order valence-corrected chi connectivity index (χ4v) is 4.42. The van der Waals surface area contributed by atoms with Crippen molar-refractivity contribution in [1.29, 1.82) is 0 Å². The first-order chi connectivity index (χ1) is 15.2. The van der Waals surface area contributed by atoms with Gasteiger partial charge < -0.3 is 18.9 Å². The van der Waals surface area contributed by atoms with Crippen LogP contribution in [0.2, 0.25) is 0 Å². The Kier molecular flexibility index (Phi) is 5.55. The first kappa shape index (κ1) is 19.9. The Labute approximate surface area is 181 Å². The van der Waals surface area contributed by atoms with Gasteiger partial charge in [-0.05, 0) is 38.7 Å². The van der Waals surface area contributed by atoms with E-state index in [0.29, 0.717) is 30.7 Å². The molecule has 2 fully saturated rings. The number of ether oxygens (including phenoxy) is 2. The molecular formula is C23H27N5O3. The number of Topliss-reactive ketones (excluding diaryl/α,β-unsaturated/α-hetero) is 1. The molecule has 0 unspecified atom stereocenters. The van der Waals surface area contributed by atoms with Crippen LogP contribution in [0.3, 0.4) is 0 Å². The predicted octanol–water partition coefficient (Wildman–Crippen LogP) is 3.43. The Morgan fingerprint density at radius 3 is 2.68 bits per heavy atom. The van der Waals surface area contributed by atoms with Crippen molar-refractivity contribution >= 4 is 22.5 Å². The van der Waals surface area contributed by atoms with E-state index in [1.165, 1.54) is 0 Å². The van der Waals surface area contributed by atoms with E-state index in [9.17, 15) is 4.79 Å². The molecule has 1 saturated carbocycles. The molecule has 0 bridgehead atoms. The third-order valence-corrected chi connectivity index (χ3v) is 6.24. The fraction of sp³-hybridized carbons (Fsp3) is 0.478. The molecule has 0 aromatic carbocycles. The number of pyridine rings is 2. The molecule has 4 heterocycles. The first-order valence-electron chi connectivity index (χ1n) is 11.0. The van der Waals surface area contributed by atoms with Gasteiger partial charge in [0.05, 0.1) is 30.4 Å². The van der Waals surface area contributed by atoms with Crippen LogP contribution in [0.1, 0.15) is 49.0 Å². The Morgan fingerprint density at radius 1 is 1.16 bits per heavy atom. The van der Waals surface area contributed by atoms with Crippen LogP contribution in [-0.4, -0.2) is 57.7 Å². The van der Waals surface area contributed by atoms with Crippen LogP contribution in [0, 0.1) is 0 Å². The Bertz CT molecular complexity index is 1050. The van der Waals surface area contributed by atoms with E-state index >= 15 is 0 Å². The van der Waals surface area contributed by atoms with E-state index in [1.807, 2.05) is 30.9 Å². The van der Waals surface area contributed by atoms with E-state index in [-0.39, 0.29) is 11.9 Å². The largest absolute Gasteiger partial charge is 0.474 e. The first-order valence-corrected chi connectivity index (χ1v) is 11.0. The third-order valence-electron chi connectivity index (χ3n) is 6.24. The quantitative estimate of drug-likeness (QED) is 0.584. The Hall–Kier alpha value is -3.00. The number of hydrogen-bond acceptors (Lipinski definition) is 7. The molecule has 31 heavy (non-hydrogen) atoms. The van der Waals surface area contributed by atoms with Gasteiger partial charge >= 0.3 is 0 Å². The van der Waals surface area contributed by atoms with Crippen LogP contribution < -0.4 is 9.64 Å². The SMILES string of the molecule is CC(=O)c1cnc2cc(N3CCOCC3)nc(O[C@H]3CC[C@@H](n4ccnc4)CC3)c2c1. The van der Waals surface area contributed by atoms with E-state index < -0.39 is 0 Å². The predicted molar refractivity (Wildman–Crippen MR) is 117 cm³/mol. The molecule has 1 saturated heterocycles. The van der Waals surface area contributed by atoms with Crippen LogP contribution in [-0.2, 0) is 4.74 Å². The second-order valence-corrected chi connectivity index (χ2v) is 8.29. The van der Waals surface area contributed by atoms with Crippen LogP contribution in [0.25, 0.3) is 10.9 Å². The van der Waals surface area contributed by atoms with E-state index in [2.05, 4.69) is 19.4 Å². The normalized spacial score (nSPS) is 21.9. The monoisotopic (exact) mass is 421 g/mol. The highest BCUT2D eigenvalue weighted by atomic mass is 16.5. The number of imidazole rings is 1. The van der Waals surface area contributed by atoms with Crippen molar-refractivity contribution in [2.75, 3.05) is 31.2 Å². The number of ketones is 1. The number of rotatable bonds is 5. The highest BCUT2D eigenvalue weighted by Gasteiger charge is 2.25. The molecule has 0 amide bonds. The summed E-state index contributed by atoms with van der Waals surface area (Å²) >= 11 is 0. The highest BCUT2D eigenvalue weighted by Crippen LogP contribution is 2.34. The number of aromatic nitrogens is 4. The van der Waals surface area contributed by atoms with Crippen LogP contribution >= 0.6 is 0 Å². The number of carbonyl (C=O) groups excluding carboxylic acids is 1. The summed E-state index contributed by atoms with van der Waals surface area (Å²) in [5, 5.41) is 0.793. The highest BCUT2D eigenvalue weighted by molar-refractivity contribution is 5.98. The minimum absolute atomic E-state index is 0.0153. The van der Waals surface area contributed by atoms with Gasteiger partial charge in [0.1, 0.15) is 11.9 Å². The summed E-state index contributed by atoms with van der Waals surface area (Å²) in [6, 6.07) is 4.30. The van der Waals surface area contributed by atoms with Gasteiger partial charge in [-0.2, -0.15) is 4.98 Å². The topological polar surface area (TPSA) is 82.4 Å². The fourth-order valence-electron chi connectivity index (χ4n) is 4.42. The van der Waals surface area contributed by atoms with Crippen molar-refractivity contribution in [3.8, 4) is 5.88 Å². The van der Waals surface area contributed by atoms with Crippen molar-refractivity contribution in [3.05, 3.63) is 42.6 Å². The average Bonchev–Trinajstić information content (AvgIpc) is 3.35. The number of anilines is 1. The minimum Gasteiger partial charge on any atom is -0.474 e. The van der Waals surface area contributed by atoms with E-state index in [4.69, 9.17) is 14.5 Å². The van der Waals surface area contributed by atoms with Gasteiger partial charge in [-0.1, -0.05) is 0 Å². The van der Waals surface area contributed by atoms with Gasteiger partial charge in [-0.3, -0.25) is 9.78 Å². The third kappa shape index (κ3) is 4.25. The zero-order valence-electron chi connectivity index (χ0n) is 17.7. The maximum atomic E-state index is 11.9. The van der Waals surface area contributed by atoms with Gasteiger partial charge in [0.25, 0.3) is 0 Å². The molecule has 1 aliphatic carbocycles. The number of fused-ring (bicyclic) bond motifs is 1. The zero-order chi connectivity index (χ0) is 21.2. The number of morpholine rings is 1. The van der Waals surface area contributed by atoms with Crippen molar-refractivity contribution in [2.24, 2.45) is 0 Å². The van der Waals surface area contributed by atoms with E-state index in [0.717, 1.165) is 55.5 Å². The second kappa shape index (κ2) is 8.63. The van der Waals surface area contributed by atoms with Gasteiger partial charge in [0.15, 0.2) is 5.78 Å². The molecule has 0 radical (unpaired) electrons. The summed E-state index contributed by atoms with van der Waals surface area (Å²) in [6.07, 6.45) is 11.5. The summed E-state index contributed by atoms with van der Waals surface area (Å²) in [4.78, 5) is 27.7. The van der Waals surface area contributed by atoms with Gasteiger partial charge in [0, 0.05) is 49.4 Å². The average molecular weight is 422 g/mol. The summed E-state index contributed by atoms with van der Waals surface area (Å²) < 4.78 is 14.1. The molecule has 0 N–H and O–H groups in total. The van der Waals surface area contributed by atoms with Crippen molar-refractivity contribution < 1.29 is 14.3 Å². The van der Waals surface area contributed by atoms with Crippen LogP contribution in [0.5, 0.6) is 5.88 Å². The number of hydrogen-bond donors (Lipinski definition) is 0. The molecule has 8 nitrogen and oxygen atoms in total. The Balaban J connectivity index is 1.42. The smallest absolute Gasteiger partial charge is 0.225 e. The molecule has 3 aromatic rings. The van der Waals surface area contributed by atoms with Gasteiger partial charge in [0.2, 0.25) is 5.88 Å². The standard InChI is InChI=1S/C23H27N5O3/c1-16(29)17-12-20-21(25-14-17)13-22(27-8-10-30-11-9-27)26-23(20)31-19-4-2-18(3-5-19)28-7-6-24-15-28/h6-7,12-15,18-19H,2-5,8-11H2,1H3/t18-,19+. The van der Waals surface area contributed by atoms with Crippen molar-refractivity contribution in [1.82, 2.24) is 19.5 Å². The summed E-state index contributed by atoms with van der Waals surface area (Å²) in [5.41, 5.74) is 1.37. The lowest BCUT2D eigenvalue weighted by molar-refractivity contribution is 0.101. The maximum absolute atomic E-state index is 11.9. The molecule has 1 aliphatic heterocycles. The van der Waals surface area contributed by atoms with Crippen molar-refractivity contribution in [3.63, 3.8) is 0 Å². The van der Waals surface area contributed by atoms with Crippen LogP contribution in [0.4, 0.5) is 5.82 Å². The summed E-state index contributed by atoms with van der Waals surface area (Å²) in [7, 11) is 0. The molecule has 0 spiro atoms. The molecule has 3 aromatic heterocycles. The molecular weight excluding hydrogens is 394 g/mol.